The third-order valence-electron chi connectivity index (χ3n) is 4.69. The molecule has 0 aliphatic heterocycles. The summed E-state index contributed by atoms with van der Waals surface area (Å²) in [6, 6.07) is 18.3. The van der Waals surface area contributed by atoms with Crippen LogP contribution in [0.3, 0.4) is 0 Å². The summed E-state index contributed by atoms with van der Waals surface area (Å²) in [6.07, 6.45) is 2.46. The average molecular weight is 399 g/mol. The van der Waals surface area contributed by atoms with Gasteiger partial charge >= 0.3 is 0 Å². The van der Waals surface area contributed by atoms with E-state index in [0.717, 1.165) is 23.4 Å². The average Bonchev–Trinajstić information content (AvgIpc) is 3.07. The SMILES string of the molecule is Cc1cccc(-n2ncc(C(=O)N(CCN)CCc3ccccc3)c2C)c1.Cl. The quantitative estimate of drug-likeness (QED) is 0.661. The highest BCUT2D eigenvalue weighted by molar-refractivity contribution is 5.95. The predicted octanol–water partition coefficient (Wildman–Crippen LogP) is 3.55. The number of aryl methyl sites for hydroxylation is 1. The molecule has 2 N–H and O–H groups in total. The van der Waals surface area contributed by atoms with E-state index in [9.17, 15) is 4.79 Å². The Bertz CT molecular complexity index is 908. The lowest BCUT2D eigenvalue weighted by atomic mass is 10.1. The van der Waals surface area contributed by atoms with E-state index in [-0.39, 0.29) is 18.3 Å². The van der Waals surface area contributed by atoms with Gasteiger partial charge in [0, 0.05) is 19.6 Å². The highest BCUT2D eigenvalue weighted by Crippen LogP contribution is 2.17. The molecule has 0 saturated heterocycles. The second kappa shape index (κ2) is 10.1. The van der Waals surface area contributed by atoms with Crippen molar-refractivity contribution in [3.05, 3.63) is 83.2 Å². The minimum atomic E-state index is -0.0206. The number of amides is 1. The third-order valence-corrected chi connectivity index (χ3v) is 4.69. The Morgan fingerprint density at radius 1 is 1.07 bits per heavy atom. The number of carbonyl (C=O) groups excluding carboxylic acids is 1. The van der Waals surface area contributed by atoms with E-state index in [1.165, 1.54) is 5.56 Å². The summed E-state index contributed by atoms with van der Waals surface area (Å²) in [5, 5.41) is 4.45. The number of aromatic nitrogens is 2. The Morgan fingerprint density at radius 2 is 1.82 bits per heavy atom. The number of nitrogens with zero attached hydrogens (tertiary/aromatic N) is 3. The topological polar surface area (TPSA) is 64.2 Å². The van der Waals surface area contributed by atoms with Crippen molar-refractivity contribution in [2.45, 2.75) is 20.3 Å². The number of hydrogen-bond acceptors (Lipinski definition) is 3. The maximum absolute atomic E-state index is 13.1. The molecule has 0 aliphatic rings. The Labute approximate surface area is 172 Å². The lowest BCUT2D eigenvalue weighted by molar-refractivity contribution is 0.0761. The molecule has 0 unspecified atom stereocenters. The van der Waals surface area contributed by atoms with Gasteiger partial charge < -0.3 is 10.6 Å². The highest BCUT2D eigenvalue weighted by Gasteiger charge is 2.20. The van der Waals surface area contributed by atoms with Crippen LogP contribution in [-0.2, 0) is 6.42 Å². The van der Waals surface area contributed by atoms with Crippen molar-refractivity contribution in [2.75, 3.05) is 19.6 Å². The molecule has 5 nitrogen and oxygen atoms in total. The molecule has 0 spiro atoms. The van der Waals surface area contributed by atoms with Gasteiger partial charge in [-0.2, -0.15) is 5.10 Å². The molecule has 1 heterocycles. The van der Waals surface area contributed by atoms with Gasteiger partial charge in [-0.05, 0) is 43.5 Å². The molecule has 3 rings (SSSR count). The molecule has 2 aromatic carbocycles. The van der Waals surface area contributed by atoms with Crippen molar-refractivity contribution in [1.29, 1.82) is 0 Å². The van der Waals surface area contributed by atoms with Crippen molar-refractivity contribution in [3.8, 4) is 5.69 Å². The van der Waals surface area contributed by atoms with E-state index in [4.69, 9.17) is 5.73 Å². The summed E-state index contributed by atoms with van der Waals surface area (Å²) in [5.41, 5.74) is 10.5. The van der Waals surface area contributed by atoms with Crippen LogP contribution in [0.5, 0.6) is 0 Å². The van der Waals surface area contributed by atoms with Gasteiger partial charge in [-0.25, -0.2) is 4.68 Å². The zero-order chi connectivity index (χ0) is 19.2. The van der Waals surface area contributed by atoms with Gasteiger partial charge in [0.15, 0.2) is 0 Å². The minimum Gasteiger partial charge on any atom is -0.337 e. The molecule has 0 fully saturated rings. The van der Waals surface area contributed by atoms with Gasteiger partial charge in [-0.15, -0.1) is 12.4 Å². The largest absolute Gasteiger partial charge is 0.337 e. The fourth-order valence-electron chi connectivity index (χ4n) is 3.19. The van der Waals surface area contributed by atoms with Crippen molar-refractivity contribution < 1.29 is 4.79 Å². The van der Waals surface area contributed by atoms with Crippen LogP contribution in [0, 0.1) is 13.8 Å². The van der Waals surface area contributed by atoms with Gasteiger partial charge in [0.2, 0.25) is 0 Å². The highest BCUT2D eigenvalue weighted by atomic mass is 35.5. The van der Waals surface area contributed by atoms with Crippen LogP contribution in [0.15, 0.2) is 60.8 Å². The zero-order valence-corrected chi connectivity index (χ0v) is 17.2. The van der Waals surface area contributed by atoms with E-state index in [0.29, 0.717) is 25.2 Å². The number of halogens is 1. The first-order chi connectivity index (χ1) is 13.1. The van der Waals surface area contributed by atoms with Crippen LogP contribution in [-0.4, -0.2) is 40.2 Å². The summed E-state index contributed by atoms with van der Waals surface area (Å²) in [5.74, 6) is -0.0206. The monoisotopic (exact) mass is 398 g/mol. The molecule has 28 heavy (non-hydrogen) atoms. The summed E-state index contributed by atoms with van der Waals surface area (Å²) >= 11 is 0. The lowest BCUT2D eigenvalue weighted by Gasteiger charge is -2.22. The van der Waals surface area contributed by atoms with Gasteiger partial charge in [-0.1, -0.05) is 42.5 Å². The Kier molecular flexibility index (Phi) is 7.79. The second-order valence-electron chi connectivity index (χ2n) is 6.71. The van der Waals surface area contributed by atoms with Gasteiger partial charge in [-0.3, -0.25) is 4.79 Å². The lowest BCUT2D eigenvalue weighted by Crippen LogP contribution is -2.37. The molecule has 1 aromatic heterocycles. The first-order valence-electron chi connectivity index (χ1n) is 9.25. The maximum atomic E-state index is 13.1. The van der Waals surface area contributed by atoms with E-state index in [1.807, 2.05) is 59.8 Å². The van der Waals surface area contributed by atoms with Crippen molar-refractivity contribution >= 4 is 18.3 Å². The molecular formula is C22H27ClN4O. The number of hydrogen-bond donors (Lipinski definition) is 1. The van der Waals surface area contributed by atoms with Gasteiger partial charge in [0.25, 0.3) is 5.91 Å². The van der Waals surface area contributed by atoms with Crippen molar-refractivity contribution in [3.63, 3.8) is 0 Å². The van der Waals surface area contributed by atoms with Gasteiger partial charge in [0.05, 0.1) is 23.1 Å². The summed E-state index contributed by atoms with van der Waals surface area (Å²) in [7, 11) is 0. The molecule has 148 valence electrons. The molecule has 0 aliphatic carbocycles. The molecule has 3 aromatic rings. The molecule has 0 saturated carbocycles. The van der Waals surface area contributed by atoms with E-state index in [1.54, 1.807) is 6.20 Å². The maximum Gasteiger partial charge on any atom is 0.257 e. The Hall–Kier alpha value is -2.63. The number of rotatable bonds is 7. The van der Waals surface area contributed by atoms with Crippen LogP contribution in [0.25, 0.3) is 5.69 Å². The first-order valence-corrected chi connectivity index (χ1v) is 9.25. The molecule has 0 radical (unpaired) electrons. The van der Waals surface area contributed by atoms with Gasteiger partial charge in [0.1, 0.15) is 0 Å². The van der Waals surface area contributed by atoms with Crippen LogP contribution < -0.4 is 5.73 Å². The van der Waals surface area contributed by atoms with E-state index >= 15 is 0 Å². The third kappa shape index (κ3) is 5.00. The number of carbonyl (C=O) groups is 1. The molecule has 6 heteroatoms. The number of benzene rings is 2. The van der Waals surface area contributed by atoms with Crippen LogP contribution in [0.2, 0.25) is 0 Å². The fraction of sp³-hybridized carbons (Fsp3) is 0.273. The minimum absolute atomic E-state index is 0. The standard InChI is InChI=1S/C22H26N4O.ClH/c1-17-7-6-10-20(15-17)26-18(2)21(16-24-26)22(27)25(14-12-23)13-11-19-8-4-3-5-9-19;/h3-10,15-16H,11-14,23H2,1-2H3;1H. The second-order valence-corrected chi connectivity index (χ2v) is 6.71. The first kappa shape index (κ1) is 21.7. The summed E-state index contributed by atoms with van der Waals surface area (Å²) < 4.78 is 1.82. The zero-order valence-electron chi connectivity index (χ0n) is 16.3. The molecule has 0 bridgehead atoms. The Balaban J connectivity index is 0.00000280. The molecular weight excluding hydrogens is 372 g/mol. The predicted molar refractivity (Wildman–Crippen MR) is 115 cm³/mol. The molecule has 0 atom stereocenters. The van der Waals surface area contributed by atoms with Crippen LogP contribution >= 0.6 is 12.4 Å². The van der Waals surface area contributed by atoms with E-state index < -0.39 is 0 Å². The normalized spacial score (nSPS) is 10.4. The fourth-order valence-corrected chi connectivity index (χ4v) is 3.19. The van der Waals surface area contributed by atoms with Crippen LogP contribution in [0.4, 0.5) is 0 Å². The van der Waals surface area contributed by atoms with E-state index in [2.05, 4.69) is 23.3 Å². The van der Waals surface area contributed by atoms with Crippen molar-refractivity contribution in [2.24, 2.45) is 5.73 Å². The summed E-state index contributed by atoms with van der Waals surface area (Å²) in [6.45, 7) is 5.57. The van der Waals surface area contributed by atoms with Crippen molar-refractivity contribution in [1.82, 2.24) is 14.7 Å². The number of nitrogens with two attached hydrogens (primary N) is 1. The summed E-state index contributed by atoms with van der Waals surface area (Å²) in [4.78, 5) is 14.9. The Morgan fingerprint density at radius 3 is 2.50 bits per heavy atom. The molecule has 1 amide bonds. The van der Waals surface area contributed by atoms with Crippen LogP contribution in [0.1, 0.15) is 27.2 Å². The smallest absolute Gasteiger partial charge is 0.257 e.